The van der Waals surface area contributed by atoms with Gasteiger partial charge in [-0.2, -0.15) is 18.2 Å². The Hall–Kier alpha value is -2.85. The molecular formula is C20H23F2N3O4S. The SMILES string of the molecule is CCN(CC)S(=O)(=O)c1cccc(C(=O)N/N=C(/C)c2ccccc2OC(F)F)c1. The van der Waals surface area contributed by atoms with Crippen molar-refractivity contribution < 1.29 is 26.7 Å². The van der Waals surface area contributed by atoms with Gasteiger partial charge in [0.25, 0.3) is 5.91 Å². The Labute approximate surface area is 174 Å². The molecule has 2 aromatic rings. The van der Waals surface area contributed by atoms with Gasteiger partial charge in [0.1, 0.15) is 5.75 Å². The van der Waals surface area contributed by atoms with Gasteiger partial charge in [-0.1, -0.05) is 32.0 Å². The third-order valence-corrected chi connectivity index (χ3v) is 6.30. The second-order valence-corrected chi connectivity index (χ2v) is 8.07. The van der Waals surface area contributed by atoms with Crippen molar-refractivity contribution >= 4 is 21.6 Å². The van der Waals surface area contributed by atoms with Gasteiger partial charge >= 0.3 is 6.61 Å². The van der Waals surface area contributed by atoms with Crippen molar-refractivity contribution in [3.8, 4) is 5.75 Å². The van der Waals surface area contributed by atoms with Gasteiger partial charge in [-0.3, -0.25) is 4.79 Å². The number of nitrogens with zero attached hydrogens (tertiary/aromatic N) is 2. The number of sulfonamides is 1. The molecule has 0 unspecified atom stereocenters. The Morgan fingerprint density at radius 3 is 2.43 bits per heavy atom. The minimum Gasteiger partial charge on any atom is -0.434 e. The summed E-state index contributed by atoms with van der Waals surface area (Å²) < 4.78 is 56.1. The van der Waals surface area contributed by atoms with Crippen molar-refractivity contribution in [3.05, 3.63) is 59.7 Å². The molecule has 1 amide bonds. The van der Waals surface area contributed by atoms with Gasteiger partial charge in [0.05, 0.1) is 10.6 Å². The Morgan fingerprint density at radius 1 is 1.13 bits per heavy atom. The number of para-hydroxylation sites is 1. The highest BCUT2D eigenvalue weighted by Gasteiger charge is 2.22. The molecule has 0 aromatic heterocycles. The molecule has 0 fully saturated rings. The number of halogens is 2. The fraction of sp³-hybridized carbons (Fsp3) is 0.300. The summed E-state index contributed by atoms with van der Waals surface area (Å²) in [7, 11) is -3.72. The van der Waals surface area contributed by atoms with E-state index in [0.29, 0.717) is 13.1 Å². The lowest BCUT2D eigenvalue weighted by Crippen LogP contribution is -2.30. The van der Waals surface area contributed by atoms with Crippen LogP contribution < -0.4 is 10.2 Å². The molecular weight excluding hydrogens is 416 g/mol. The van der Waals surface area contributed by atoms with Crippen LogP contribution in [0.2, 0.25) is 0 Å². The summed E-state index contributed by atoms with van der Waals surface area (Å²) in [5, 5.41) is 3.93. The zero-order valence-corrected chi connectivity index (χ0v) is 17.6. The number of alkyl halides is 2. The summed E-state index contributed by atoms with van der Waals surface area (Å²) in [5.41, 5.74) is 2.94. The van der Waals surface area contributed by atoms with E-state index in [-0.39, 0.29) is 27.5 Å². The van der Waals surface area contributed by atoms with E-state index in [1.165, 1.54) is 53.7 Å². The monoisotopic (exact) mass is 439 g/mol. The zero-order valence-electron chi connectivity index (χ0n) is 16.8. The summed E-state index contributed by atoms with van der Waals surface area (Å²) in [5.74, 6) is -0.714. The highest BCUT2D eigenvalue weighted by Crippen LogP contribution is 2.21. The predicted octanol–water partition coefficient (Wildman–Crippen LogP) is 3.47. The summed E-state index contributed by atoms with van der Waals surface area (Å²) >= 11 is 0. The zero-order chi connectivity index (χ0) is 22.3. The lowest BCUT2D eigenvalue weighted by Gasteiger charge is -2.18. The van der Waals surface area contributed by atoms with E-state index < -0.39 is 22.5 Å². The molecule has 10 heteroatoms. The summed E-state index contributed by atoms with van der Waals surface area (Å²) in [4.78, 5) is 12.4. The number of amides is 1. The maximum Gasteiger partial charge on any atom is 0.387 e. The number of benzene rings is 2. The second kappa shape index (κ2) is 10.3. The minimum atomic E-state index is -3.72. The topological polar surface area (TPSA) is 88.1 Å². The Morgan fingerprint density at radius 2 is 1.80 bits per heavy atom. The van der Waals surface area contributed by atoms with Crippen LogP contribution in [0.5, 0.6) is 5.75 Å². The average Bonchev–Trinajstić information content (AvgIpc) is 2.72. The van der Waals surface area contributed by atoms with Gasteiger partial charge in [0.15, 0.2) is 0 Å². The highest BCUT2D eigenvalue weighted by atomic mass is 32.2. The Kier molecular flexibility index (Phi) is 8.01. The van der Waals surface area contributed by atoms with Crippen LogP contribution >= 0.6 is 0 Å². The number of hydrazone groups is 1. The fourth-order valence-electron chi connectivity index (χ4n) is 2.73. The first-order valence-corrected chi connectivity index (χ1v) is 10.6. The first-order valence-electron chi connectivity index (χ1n) is 9.19. The van der Waals surface area contributed by atoms with Gasteiger partial charge < -0.3 is 4.74 Å². The van der Waals surface area contributed by atoms with E-state index in [9.17, 15) is 22.0 Å². The van der Waals surface area contributed by atoms with Crippen molar-refractivity contribution in [3.63, 3.8) is 0 Å². The van der Waals surface area contributed by atoms with Gasteiger partial charge in [0, 0.05) is 24.2 Å². The summed E-state index contributed by atoms with van der Waals surface area (Å²) in [6, 6.07) is 11.6. The largest absolute Gasteiger partial charge is 0.434 e. The highest BCUT2D eigenvalue weighted by molar-refractivity contribution is 7.89. The van der Waals surface area contributed by atoms with Gasteiger partial charge in [-0.25, -0.2) is 13.8 Å². The maximum atomic E-state index is 12.6. The number of hydrogen-bond acceptors (Lipinski definition) is 5. The molecule has 0 saturated heterocycles. The molecule has 2 rings (SSSR count). The fourth-order valence-corrected chi connectivity index (χ4v) is 4.24. The van der Waals surface area contributed by atoms with Crippen LogP contribution in [0, 0.1) is 0 Å². The van der Waals surface area contributed by atoms with Crippen LogP contribution in [0.15, 0.2) is 58.5 Å². The number of carbonyl (C=O) groups is 1. The molecule has 162 valence electrons. The standard InChI is InChI=1S/C20H23F2N3O4S/c1-4-25(5-2)30(27,28)16-10-8-9-15(13-16)19(26)24-23-14(3)17-11-6-7-12-18(17)29-20(21)22/h6-13,20H,4-5H2,1-3H3,(H,24,26)/b23-14-. The van der Waals surface area contributed by atoms with Crippen LogP contribution in [-0.4, -0.2) is 44.0 Å². The van der Waals surface area contributed by atoms with Gasteiger partial charge in [0.2, 0.25) is 10.0 Å². The molecule has 1 N–H and O–H groups in total. The molecule has 0 radical (unpaired) electrons. The lowest BCUT2D eigenvalue weighted by molar-refractivity contribution is -0.0499. The van der Waals surface area contributed by atoms with Crippen molar-refractivity contribution in [1.29, 1.82) is 0 Å². The number of ether oxygens (including phenoxy) is 1. The van der Waals surface area contributed by atoms with E-state index in [4.69, 9.17) is 0 Å². The number of carbonyl (C=O) groups excluding carboxylic acids is 1. The molecule has 0 bridgehead atoms. The van der Waals surface area contributed by atoms with E-state index >= 15 is 0 Å². The molecule has 30 heavy (non-hydrogen) atoms. The molecule has 0 atom stereocenters. The minimum absolute atomic E-state index is 0.00442. The second-order valence-electron chi connectivity index (χ2n) is 6.13. The van der Waals surface area contributed by atoms with Crippen LogP contribution in [0.3, 0.4) is 0 Å². The van der Waals surface area contributed by atoms with Crippen molar-refractivity contribution in [2.24, 2.45) is 5.10 Å². The predicted molar refractivity (Wildman–Crippen MR) is 109 cm³/mol. The number of nitrogens with one attached hydrogen (secondary N) is 1. The molecule has 0 aliphatic heterocycles. The third kappa shape index (κ3) is 5.61. The normalized spacial score (nSPS) is 12.3. The molecule has 0 saturated carbocycles. The quantitative estimate of drug-likeness (QED) is 0.479. The first kappa shape index (κ1) is 23.4. The third-order valence-electron chi connectivity index (χ3n) is 4.26. The van der Waals surface area contributed by atoms with E-state index in [1.54, 1.807) is 19.9 Å². The molecule has 7 nitrogen and oxygen atoms in total. The number of hydrogen-bond donors (Lipinski definition) is 1. The van der Waals surface area contributed by atoms with Crippen LogP contribution in [0.4, 0.5) is 8.78 Å². The van der Waals surface area contributed by atoms with Crippen molar-refractivity contribution in [1.82, 2.24) is 9.73 Å². The van der Waals surface area contributed by atoms with E-state index in [1.807, 2.05) is 0 Å². The summed E-state index contributed by atoms with van der Waals surface area (Å²) in [6.07, 6.45) is 0. The first-order chi connectivity index (χ1) is 14.2. The van der Waals surface area contributed by atoms with Crippen molar-refractivity contribution in [2.45, 2.75) is 32.3 Å². The number of rotatable bonds is 9. The average molecular weight is 439 g/mol. The van der Waals surface area contributed by atoms with E-state index in [0.717, 1.165) is 0 Å². The van der Waals surface area contributed by atoms with Gasteiger partial charge in [-0.05, 0) is 37.3 Å². The maximum absolute atomic E-state index is 12.6. The Balaban J connectivity index is 2.23. The molecule has 0 spiro atoms. The molecule has 2 aromatic carbocycles. The molecule has 0 aliphatic rings. The smallest absolute Gasteiger partial charge is 0.387 e. The molecule has 0 aliphatic carbocycles. The van der Waals surface area contributed by atoms with Crippen LogP contribution in [0.25, 0.3) is 0 Å². The molecule has 0 heterocycles. The Bertz CT molecular complexity index is 1020. The van der Waals surface area contributed by atoms with Crippen LogP contribution in [0.1, 0.15) is 36.7 Å². The lowest BCUT2D eigenvalue weighted by atomic mass is 10.1. The van der Waals surface area contributed by atoms with Crippen molar-refractivity contribution in [2.75, 3.05) is 13.1 Å². The summed E-state index contributed by atoms with van der Waals surface area (Å²) in [6.45, 7) is 2.59. The van der Waals surface area contributed by atoms with Gasteiger partial charge in [-0.15, -0.1) is 0 Å². The van der Waals surface area contributed by atoms with E-state index in [2.05, 4.69) is 15.3 Å². The van der Waals surface area contributed by atoms with Crippen LogP contribution in [-0.2, 0) is 10.0 Å².